The molecule has 6 heteroatoms. The van der Waals surface area contributed by atoms with Crippen LogP contribution in [-0.2, 0) is 6.54 Å². The van der Waals surface area contributed by atoms with Crippen molar-refractivity contribution in [1.82, 2.24) is 5.32 Å². The Morgan fingerprint density at radius 1 is 1.08 bits per heavy atom. The topological polar surface area (TPSA) is 49.0 Å². The van der Waals surface area contributed by atoms with E-state index in [0.29, 0.717) is 36.3 Å². The summed E-state index contributed by atoms with van der Waals surface area (Å²) in [6, 6.07) is 9.93. The fourth-order valence-corrected chi connectivity index (χ4v) is 3.08. The lowest BCUT2D eigenvalue weighted by atomic mass is 10.1. The molecule has 0 bridgehead atoms. The molecule has 0 aromatic heterocycles. The van der Waals surface area contributed by atoms with Gasteiger partial charge in [-0.05, 0) is 36.2 Å². The molecule has 0 saturated carbocycles. The number of methoxy groups -OCH3 is 2. The van der Waals surface area contributed by atoms with Crippen molar-refractivity contribution in [2.45, 2.75) is 19.5 Å². The fraction of sp³-hybridized carbons (Fsp3) is 0.368. The van der Waals surface area contributed by atoms with Crippen molar-refractivity contribution in [2.75, 3.05) is 27.4 Å². The molecule has 3 rings (SSSR count). The van der Waals surface area contributed by atoms with Crippen molar-refractivity contribution < 1.29 is 18.9 Å². The van der Waals surface area contributed by atoms with Gasteiger partial charge in [0.2, 0.25) is 0 Å². The summed E-state index contributed by atoms with van der Waals surface area (Å²) >= 11 is 6.44. The molecule has 1 N–H and O–H groups in total. The van der Waals surface area contributed by atoms with E-state index in [1.807, 2.05) is 30.3 Å². The Labute approximate surface area is 152 Å². The van der Waals surface area contributed by atoms with Gasteiger partial charge < -0.3 is 24.3 Å². The second-order valence-electron chi connectivity index (χ2n) is 5.78. The highest BCUT2D eigenvalue weighted by Gasteiger charge is 2.16. The zero-order chi connectivity index (χ0) is 17.8. The van der Waals surface area contributed by atoms with Gasteiger partial charge in [-0.3, -0.25) is 0 Å². The van der Waals surface area contributed by atoms with Gasteiger partial charge in [-0.1, -0.05) is 23.7 Å². The van der Waals surface area contributed by atoms with E-state index in [1.54, 1.807) is 14.2 Å². The summed E-state index contributed by atoms with van der Waals surface area (Å²) in [6.45, 7) is 3.88. The third-order valence-electron chi connectivity index (χ3n) is 4.23. The lowest BCUT2D eigenvalue weighted by Crippen LogP contribution is -2.20. The van der Waals surface area contributed by atoms with Crippen LogP contribution in [0.15, 0.2) is 30.3 Å². The van der Waals surface area contributed by atoms with Crippen LogP contribution in [0.1, 0.15) is 24.1 Å². The van der Waals surface area contributed by atoms with E-state index >= 15 is 0 Å². The smallest absolute Gasteiger partial charge is 0.179 e. The van der Waals surface area contributed by atoms with Crippen LogP contribution < -0.4 is 24.3 Å². The molecule has 1 unspecified atom stereocenters. The normalized spacial score (nSPS) is 14.1. The van der Waals surface area contributed by atoms with E-state index in [0.717, 1.165) is 22.6 Å². The molecule has 2 aromatic carbocycles. The van der Waals surface area contributed by atoms with Crippen LogP contribution >= 0.6 is 11.6 Å². The highest BCUT2D eigenvalue weighted by atomic mass is 35.5. The average molecular weight is 364 g/mol. The number of halogens is 1. The predicted molar refractivity (Wildman–Crippen MR) is 97.2 cm³/mol. The maximum Gasteiger partial charge on any atom is 0.179 e. The number of hydrogen-bond acceptors (Lipinski definition) is 5. The zero-order valence-electron chi connectivity index (χ0n) is 14.6. The van der Waals surface area contributed by atoms with Crippen molar-refractivity contribution in [1.29, 1.82) is 0 Å². The van der Waals surface area contributed by atoms with E-state index in [9.17, 15) is 0 Å². The van der Waals surface area contributed by atoms with E-state index in [1.165, 1.54) is 0 Å². The van der Waals surface area contributed by atoms with Gasteiger partial charge in [-0.2, -0.15) is 0 Å². The summed E-state index contributed by atoms with van der Waals surface area (Å²) in [7, 11) is 3.18. The minimum absolute atomic E-state index is 0.125. The zero-order valence-corrected chi connectivity index (χ0v) is 15.4. The van der Waals surface area contributed by atoms with Gasteiger partial charge in [-0.25, -0.2) is 0 Å². The Hall–Kier alpha value is -2.11. The largest absolute Gasteiger partial charge is 0.493 e. The number of nitrogens with one attached hydrogen (secondary N) is 1. The van der Waals surface area contributed by atoms with Crippen molar-refractivity contribution >= 4 is 11.6 Å². The van der Waals surface area contributed by atoms with Crippen LogP contribution in [0, 0.1) is 0 Å². The van der Waals surface area contributed by atoms with Gasteiger partial charge in [0.15, 0.2) is 23.0 Å². The second-order valence-corrected chi connectivity index (χ2v) is 6.16. The Bertz CT molecular complexity index is 750. The maximum atomic E-state index is 6.44. The summed E-state index contributed by atoms with van der Waals surface area (Å²) in [6.07, 6.45) is 0. The lowest BCUT2D eigenvalue weighted by molar-refractivity contribution is 0.171. The molecular weight excluding hydrogens is 342 g/mol. The van der Waals surface area contributed by atoms with Crippen LogP contribution in [-0.4, -0.2) is 27.4 Å². The van der Waals surface area contributed by atoms with Crippen molar-refractivity contribution in [3.05, 3.63) is 46.5 Å². The van der Waals surface area contributed by atoms with Gasteiger partial charge in [0.1, 0.15) is 13.2 Å². The highest BCUT2D eigenvalue weighted by Crippen LogP contribution is 2.37. The molecule has 0 saturated heterocycles. The summed E-state index contributed by atoms with van der Waals surface area (Å²) in [5.41, 5.74) is 2.07. The van der Waals surface area contributed by atoms with E-state index < -0.39 is 0 Å². The van der Waals surface area contributed by atoms with Gasteiger partial charge in [-0.15, -0.1) is 0 Å². The monoisotopic (exact) mass is 363 g/mol. The Morgan fingerprint density at radius 2 is 1.84 bits per heavy atom. The number of benzene rings is 2. The number of hydrogen-bond donors (Lipinski definition) is 1. The number of fused-ring (bicyclic) bond motifs is 1. The van der Waals surface area contributed by atoms with Crippen molar-refractivity contribution in [2.24, 2.45) is 0 Å². The molecule has 5 nitrogen and oxygen atoms in total. The van der Waals surface area contributed by atoms with E-state index in [2.05, 4.69) is 12.2 Å². The standard InChI is InChI=1S/C19H22ClNO4/c1-12(13-4-6-15-17(10-13)25-9-8-24-15)21-11-14-5-7-16(22-2)19(23-3)18(14)20/h4-7,10,12,21H,8-9,11H2,1-3H3. The van der Waals surface area contributed by atoms with Crippen LogP contribution in [0.5, 0.6) is 23.0 Å². The quantitative estimate of drug-likeness (QED) is 0.841. The van der Waals surface area contributed by atoms with Gasteiger partial charge in [0, 0.05) is 12.6 Å². The first-order chi connectivity index (χ1) is 12.1. The minimum Gasteiger partial charge on any atom is -0.493 e. The molecule has 1 heterocycles. The maximum absolute atomic E-state index is 6.44. The van der Waals surface area contributed by atoms with Gasteiger partial charge in [0.25, 0.3) is 0 Å². The first-order valence-electron chi connectivity index (χ1n) is 8.16. The molecule has 0 aliphatic carbocycles. The van der Waals surface area contributed by atoms with Crippen molar-refractivity contribution in [3.8, 4) is 23.0 Å². The molecule has 1 aliphatic heterocycles. The molecule has 1 aliphatic rings. The predicted octanol–water partition coefficient (Wildman–Crippen LogP) is 3.98. The fourth-order valence-electron chi connectivity index (χ4n) is 2.78. The lowest BCUT2D eigenvalue weighted by Gasteiger charge is -2.21. The summed E-state index contributed by atoms with van der Waals surface area (Å²) in [5.74, 6) is 2.76. The average Bonchev–Trinajstić information content (AvgIpc) is 2.66. The van der Waals surface area contributed by atoms with Crippen LogP contribution in [0.4, 0.5) is 0 Å². The van der Waals surface area contributed by atoms with Crippen LogP contribution in [0.3, 0.4) is 0 Å². The Balaban J connectivity index is 1.71. The van der Waals surface area contributed by atoms with Gasteiger partial charge in [0.05, 0.1) is 19.2 Å². The molecule has 0 fully saturated rings. The van der Waals surface area contributed by atoms with Crippen LogP contribution in [0.25, 0.3) is 0 Å². The molecule has 0 amide bonds. The first-order valence-corrected chi connectivity index (χ1v) is 8.54. The number of ether oxygens (including phenoxy) is 4. The molecule has 2 aromatic rings. The molecule has 0 radical (unpaired) electrons. The highest BCUT2D eigenvalue weighted by molar-refractivity contribution is 6.33. The first kappa shape index (κ1) is 17.7. The number of rotatable bonds is 6. The minimum atomic E-state index is 0.125. The summed E-state index contributed by atoms with van der Waals surface area (Å²) < 4.78 is 21.8. The molecule has 25 heavy (non-hydrogen) atoms. The van der Waals surface area contributed by atoms with E-state index in [-0.39, 0.29) is 6.04 Å². The molecular formula is C19H22ClNO4. The SMILES string of the molecule is COc1ccc(CNC(C)c2ccc3c(c2)OCCO3)c(Cl)c1OC. The van der Waals surface area contributed by atoms with Crippen LogP contribution in [0.2, 0.25) is 5.02 Å². The van der Waals surface area contributed by atoms with Crippen molar-refractivity contribution in [3.63, 3.8) is 0 Å². The van der Waals surface area contributed by atoms with E-state index in [4.69, 9.17) is 30.5 Å². The molecule has 1 atom stereocenters. The molecule has 0 spiro atoms. The third kappa shape index (κ3) is 3.78. The Morgan fingerprint density at radius 3 is 2.56 bits per heavy atom. The molecule has 134 valence electrons. The summed E-state index contributed by atoms with van der Waals surface area (Å²) in [4.78, 5) is 0. The second kappa shape index (κ2) is 7.85. The third-order valence-corrected chi connectivity index (χ3v) is 4.64. The Kier molecular flexibility index (Phi) is 5.56. The summed E-state index contributed by atoms with van der Waals surface area (Å²) in [5, 5.41) is 4.03. The van der Waals surface area contributed by atoms with Gasteiger partial charge >= 0.3 is 0 Å².